The number of ether oxygens (including phenoxy) is 1. The molecular formula is C25H27N3O3S. The van der Waals surface area contributed by atoms with Gasteiger partial charge in [-0.25, -0.2) is 4.79 Å². The SMILES string of the molecule is CCOC(=O)C1=C(C)N(CC)C(=S)NC1c1cccc(NC(=O)/C=C/c2ccccc2)c1. The average molecular weight is 450 g/mol. The van der Waals surface area contributed by atoms with Gasteiger partial charge in [0.25, 0.3) is 0 Å². The molecular weight excluding hydrogens is 422 g/mol. The summed E-state index contributed by atoms with van der Waals surface area (Å²) in [4.78, 5) is 27.0. The van der Waals surface area contributed by atoms with Crippen LogP contribution < -0.4 is 10.6 Å². The van der Waals surface area contributed by atoms with E-state index >= 15 is 0 Å². The lowest BCUT2D eigenvalue weighted by Crippen LogP contribution is -2.47. The summed E-state index contributed by atoms with van der Waals surface area (Å²) in [5.74, 6) is -0.628. The van der Waals surface area contributed by atoms with E-state index in [1.807, 2.05) is 67.3 Å². The van der Waals surface area contributed by atoms with Crippen LogP contribution in [0.25, 0.3) is 6.08 Å². The van der Waals surface area contributed by atoms with Gasteiger partial charge in [0.1, 0.15) is 0 Å². The van der Waals surface area contributed by atoms with Crippen molar-refractivity contribution in [3.8, 4) is 0 Å². The summed E-state index contributed by atoms with van der Waals surface area (Å²) >= 11 is 5.52. The number of benzene rings is 2. The maximum Gasteiger partial charge on any atom is 0.338 e. The molecule has 0 bridgehead atoms. The van der Waals surface area contributed by atoms with E-state index in [0.29, 0.717) is 22.9 Å². The van der Waals surface area contributed by atoms with Crippen molar-refractivity contribution in [2.24, 2.45) is 0 Å². The van der Waals surface area contributed by atoms with Gasteiger partial charge in [-0.1, -0.05) is 42.5 Å². The molecule has 0 saturated heterocycles. The summed E-state index contributed by atoms with van der Waals surface area (Å²) in [6, 6.07) is 16.5. The number of thiocarbonyl (C=S) groups is 1. The van der Waals surface area contributed by atoms with E-state index in [1.165, 1.54) is 6.08 Å². The van der Waals surface area contributed by atoms with Gasteiger partial charge in [0.15, 0.2) is 5.11 Å². The van der Waals surface area contributed by atoms with Gasteiger partial charge in [-0.15, -0.1) is 0 Å². The highest BCUT2D eigenvalue weighted by molar-refractivity contribution is 7.80. The van der Waals surface area contributed by atoms with Crippen LogP contribution in [0.1, 0.15) is 37.9 Å². The molecule has 1 aliphatic rings. The number of rotatable bonds is 7. The number of carbonyl (C=O) groups is 2. The van der Waals surface area contributed by atoms with Crippen LogP contribution in [0.5, 0.6) is 0 Å². The van der Waals surface area contributed by atoms with Crippen molar-refractivity contribution in [2.75, 3.05) is 18.5 Å². The zero-order chi connectivity index (χ0) is 23.1. The topological polar surface area (TPSA) is 70.7 Å². The van der Waals surface area contributed by atoms with Crippen LogP contribution >= 0.6 is 12.2 Å². The first kappa shape index (κ1) is 23.2. The Balaban J connectivity index is 1.85. The van der Waals surface area contributed by atoms with E-state index in [-0.39, 0.29) is 18.5 Å². The van der Waals surface area contributed by atoms with E-state index in [0.717, 1.165) is 16.8 Å². The van der Waals surface area contributed by atoms with Crippen LogP contribution in [0.15, 0.2) is 71.9 Å². The van der Waals surface area contributed by atoms with Gasteiger partial charge in [-0.2, -0.15) is 0 Å². The highest BCUT2D eigenvalue weighted by atomic mass is 32.1. The molecule has 0 radical (unpaired) electrons. The van der Waals surface area contributed by atoms with Crippen molar-refractivity contribution in [1.82, 2.24) is 10.2 Å². The molecule has 1 unspecified atom stereocenters. The third-order valence-electron chi connectivity index (χ3n) is 5.12. The van der Waals surface area contributed by atoms with Gasteiger partial charge in [-0.05, 0) is 62.3 Å². The Hall–Kier alpha value is -3.45. The van der Waals surface area contributed by atoms with Crippen LogP contribution in [0.3, 0.4) is 0 Å². The van der Waals surface area contributed by atoms with Gasteiger partial charge < -0.3 is 20.3 Å². The minimum atomic E-state index is -0.471. The average Bonchev–Trinajstić information content (AvgIpc) is 2.78. The first-order valence-corrected chi connectivity index (χ1v) is 10.9. The standard InChI is InChI=1S/C25H27N3O3S/c1-4-28-17(3)22(24(30)31-5-2)23(27-25(28)32)19-12-9-13-20(16-19)26-21(29)15-14-18-10-7-6-8-11-18/h6-16,23H,4-5H2,1-3H3,(H,26,29)(H,27,32)/b15-14+. The number of amides is 1. The van der Waals surface area contributed by atoms with Crippen LogP contribution in [0.4, 0.5) is 5.69 Å². The molecule has 2 aromatic carbocycles. The number of hydrogen-bond acceptors (Lipinski definition) is 4. The lowest BCUT2D eigenvalue weighted by molar-refractivity contribution is -0.139. The Morgan fingerprint density at radius 2 is 1.91 bits per heavy atom. The number of esters is 1. The van der Waals surface area contributed by atoms with E-state index in [9.17, 15) is 9.59 Å². The van der Waals surface area contributed by atoms with Crippen molar-refractivity contribution < 1.29 is 14.3 Å². The molecule has 0 spiro atoms. The van der Waals surface area contributed by atoms with E-state index in [2.05, 4.69) is 10.6 Å². The van der Waals surface area contributed by atoms with Crippen molar-refractivity contribution in [3.05, 3.63) is 83.1 Å². The molecule has 3 rings (SSSR count). The fourth-order valence-corrected chi connectivity index (χ4v) is 3.99. The van der Waals surface area contributed by atoms with Crippen LogP contribution in [-0.4, -0.2) is 35.0 Å². The largest absolute Gasteiger partial charge is 0.463 e. The molecule has 32 heavy (non-hydrogen) atoms. The summed E-state index contributed by atoms with van der Waals surface area (Å²) in [5.41, 5.74) is 3.64. The number of hydrogen-bond donors (Lipinski definition) is 2. The van der Waals surface area contributed by atoms with Crippen molar-refractivity contribution in [2.45, 2.75) is 26.8 Å². The summed E-state index contributed by atoms with van der Waals surface area (Å²) in [7, 11) is 0. The fourth-order valence-electron chi connectivity index (χ4n) is 3.60. The number of carbonyl (C=O) groups excluding carboxylic acids is 2. The highest BCUT2D eigenvalue weighted by Gasteiger charge is 2.34. The Bertz CT molecular complexity index is 1060. The van der Waals surface area contributed by atoms with E-state index in [1.54, 1.807) is 19.1 Å². The van der Waals surface area contributed by atoms with Gasteiger partial charge in [0, 0.05) is 24.0 Å². The quantitative estimate of drug-likeness (QED) is 0.370. The third-order valence-corrected chi connectivity index (χ3v) is 5.46. The second-order valence-corrected chi connectivity index (χ2v) is 7.59. The van der Waals surface area contributed by atoms with Crippen LogP contribution in [-0.2, 0) is 14.3 Å². The molecule has 7 heteroatoms. The zero-order valence-electron chi connectivity index (χ0n) is 18.4. The predicted molar refractivity (Wildman–Crippen MR) is 131 cm³/mol. The molecule has 6 nitrogen and oxygen atoms in total. The number of anilines is 1. The molecule has 1 heterocycles. The Morgan fingerprint density at radius 3 is 2.59 bits per heavy atom. The van der Waals surface area contributed by atoms with E-state index < -0.39 is 6.04 Å². The number of allylic oxidation sites excluding steroid dienone is 1. The highest BCUT2D eigenvalue weighted by Crippen LogP contribution is 2.32. The molecule has 1 atom stereocenters. The van der Waals surface area contributed by atoms with Crippen molar-refractivity contribution >= 4 is 41.0 Å². The molecule has 2 aromatic rings. The number of nitrogens with one attached hydrogen (secondary N) is 2. The summed E-state index contributed by atoms with van der Waals surface area (Å²) in [5, 5.41) is 6.67. The zero-order valence-corrected chi connectivity index (χ0v) is 19.2. The smallest absolute Gasteiger partial charge is 0.338 e. The molecule has 1 aliphatic heterocycles. The molecule has 2 N–H and O–H groups in total. The Labute approximate surface area is 194 Å². The summed E-state index contributed by atoms with van der Waals surface area (Å²) in [6.07, 6.45) is 3.24. The third kappa shape index (κ3) is 5.42. The summed E-state index contributed by atoms with van der Waals surface area (Å²) in [6.45, 7) is 6.54. The maximum absolute atomic E-state index is 12.8. The number of nitrogens with zero attached hydrogens (tertiary/aromatic N) is 1. The van der Waals surface area contributed by atoms with Crippen molar-refractivity contribution in [3.63, 3.8) is 0 Å². The lowest BCUT2D eigenvalue weighted by atomic mass is 9.94. The van der Waals surface area contributed by atoms with Gasteiger partial charge in [0.2, 0.25) is 5.91 Å². The molecule has 0 fully saturated rings. The Kier molecular flexibility index (Phi) is 7.78. The molecule has 0 aromatic heterocycles. The molecule has 1 amide bonds. The minimum absolute atomic E-state index is 0.243. The van der Waals surface area contributed by atoms with Crippen molar-refractivity contribution in [1.29, 1.82) is 0 Å². The maximum atomic E-state index is 12.8. The molecule has 166 valence electrons. The molecule has 0 saturated carbocycles. The van der Waals surface area contributed by atoms with Gasteiger partial charge in [-0.3, -0.25) is 4.79 Å². The Morgan fingerprint density at radius 1 is 1.16 bits per heavy atom. The van der Waals surface area contributed by atoms with E-state index in [4.69, 9.17) is 17.0 Å². The van der Waals surface area contributed by atoms with Crippen LogP contribution in [0.2, 0.25) is 0 Å². The first-order valence-electron chi connectivity index (χ1n) is 10.5. The first-order chi connectivity index (χ1) is 15.4. The summed E-state index contributed by atoms with van der Waals surface area (Å²) < 4.78 is 5.31. The fraction of sp³-hybridized carbons (Fsp3) is 0.240. The molecule has 0 aliphatic carbocycles. The van der Waals surface area contributed by atoms with Crippen LogP contribution in [0, 0.1) is 0 Å². The van der Waals surface area contributed by atoms with Gasteiger partial charge in [0.05, 0.1) is 18.2 Å². The monoisotopic (exact) mass is 449 g/mol. The lowest BCUT2D eigenvalue weighted by Gasteiger charge is -2.37. The second kappa shape index (κ2) is 10.7. The second-order valence-electron chi connectivity index (χ2n) is 7.21. The normalized spacial score (nSPS) is 16.2. The van der Waals surface area contributed by atoms with Gasteiger partial charge >= 0.3 is 5.97 Å². The predicted octanol–water partition coefficient (Wildman–Crippen LogP) is 4.43. The minimum Gasteiger partial charge on any atom is -0.463 e.